The van der Waals surface area contributed by atoms with Gasteiger partial charge >= 0.3 is 0 Å². The van der Waals surface area contributed by atoms with Gasteiger partial charge in [-0.25, -0.2) is 0 Å². The molecule has 1 atom stereocenters. The molecule has 0 aliphatic heterocycles. The number of phenolic OH excluding ortho intramolecular Hbond substituents is 1. The summed E-state index contributed by atoms with van der Waals surface area (Å²) in [6.45, 7) is 0. The largest absolute Gasteiger partial charge is 0.508 e. The standard InChI is InChI=1S/C9H8IO2/c10-8(6-11)5-7-1-3-9(12)4-2-7/h1-4,8,12H,5H2. The highest BCUT2D eigenvalue weighted by Crippen LogP contribution is 2.13. The van der Waals surface area contributed by atoms with Gasteiger partial charge in [0.05, 0.1) is 3.92 Å². The third kappa shape index (κ3) is 2.81. The molecule has 0 amide bonds. The van der Waals surface area contributed by atoms with Crippen LogP contribution in [-0.2, 0) is 11.2 Å². The van der Waals surface area contributed by atoms with Crippen LogP contribution in [0.2, 0.25) is 0 Å². The Balaban J connectivity index is 2.64. The fraction of sp³-hybridized carbons (Fsp3) is 0.222. The zero-order valence-electron chi connectivity index (χ0n) is 6.33. The second kappa shape index (κ2) is 4.45. The van der Waals surface area contributed by atoms with E-state index in [4.69, 9.17) is 5.11 Å². The van der Waals surface area contributed by atoms with E-state index in [2.05, 4.69) is 0 Å². The van der Waals surface area contributed by atoms with E-state index in [9.17, 15) is 4.79 Å². The molecule has 0 saturated carbocycles. The Hall–Kier alpha value is -0.580. The summed E-state index contributed by atoms with van der Waals surface area (Å²) in [5.41, 5.74) is 1.04. The maximum Gasteiger partial charge on any atom is 0.212 e. The van der Waals surface area contributed by atoms with Gasteiger partial charge < -0.3 is 5.11 Å². The summed E-state index contributed by atoms with van der Waals surface area (Å²) < 4.78 is -0.104. The maximum absolute atomic E-state index is 10.2. The first-order valence-electron chi connectivity index (χ1n) is 3.52. The Labute approximate surface area is 84.7 Å². The molecule has 0 aliphatic carbocycles. The molecule has 2 nitrogen and oxygen atoms in total. The van der Waals surface area contributed by atoms with Crippen molar-refractivity contribution in [2.45, 2.75) is 10.3 Å². The Bertz CT molecular complexity index is 256. The van der Waals surface area contributed by atoms with Gasteiger partial charge in [-0.15, -0.1) is 0 Å². The monoisotopic (exact) mass is 275 g/mol. The van der Waals surface area contributed by atoms with Crippen molar-refractivity contribution in [1.82, 2.24) is 0 Å². The number of carbonyl (C=O) groups excluding carboxylic acids is 1. The van der Waals surface area contributed by atoms with Gasteiger partial charge in [0, 0.05) is 0 Å². The molecule has 1 unspecified atom stereocenters. The molecule has 1 aromatic rings. The van der Waals surface area contributed by atoms with Crippen LogP contribution in [0.4, 0.5) is 0 Å². The fourth-order valence-electron chi connectivity index (χ4n) is 0.881. The minimum Gasteiger partial charge on any atom is -0.508 e. The van der Waals surface area contributed by atoms with Crippen LogP contribution in [0.25, 0.3) is 0 Å². The minimum atomic E-state index is -0.104. The molecule has 12 heavy (non-hydrogen) atoms. The highest BCUT2D eigenvalue weighted by atomic mass is 127. The number of benzene rings is 1. The normalized spacial score (nSPS) is 12.4. The van der Waals surface area contributed by atoms with Crippen LogP contribution in [0, 0.1) is 0 Å². The van der Waals surface area contributed by atoms with Crippen LogP contribution in [0.5, 0.6) is 5.75 Å². The number of aromatic hydroxyl groups is 1. The average Bonchev–Trinajstić information content (AvgIpc) is 2.09. The third-order valence-electron chi connectivity index (χ3n) is 1.48. The summed E-state index contributed by atoms with van der Waals surface area (Å²) in [6, 6.07) is 6.84. The van der Waals surface area contributed by atoms with Gasteiger partial charge in [0.25, 0.3) is 0 Å². The molecule has 3 heteroatoms. The Morgan fingerprint density at radius 1 is 1.42 bits per heavy atom. The molecule has 1 radical (unpaired) electrons. The predicted molar refractivity (Wildman–Crippen MR) is 55.3 cm³/mol. The van der Waals surface area contributed by atoms with Crippen molar-refractivity contribution in [2.75, 3.05) is 0 Å². The van der Waals surface area contributed by atoms with Crippen molar-refractivity contribution >= 4 is 28.9 Å². The Morgan fingerprint density at radius 3 is 2.50 bits per heavy atom. The van der Waals surface area contributed by atoms with Gasteiger partial charge in [-0.2, -0.15) is 0 Å². The topological polar surface area (TPSA) is 37.3 Å². The summed E-state index contributed by atoms with van der Waals surface area (Å²) in [5, 5.41) is 8.97. The average molecular weight is 275 g/mol. The quantitative estimate of drug-likeness (QED) is 0.675. The molecule has 0 bridgehead atoms. The molecule has 1 N–H and O–H groups in total. The lowest BCUT2D eigenvalue weighted by Crippen LogP contribution is -2.02. The summed E-state index contributed by atoms with van der Waals surface area (Å²) in [7, 11) is 0. The SMILES string of the molecule is O=[C]C(I)Cc1ccc(O)cc1. The van der Waals surface area contributed by atoms with Crippen molar-refractivity contribution in [1.29, 1.82) is 0 Å². The van der Waals surface area contributed by atoms with Gasteiger partial charge in [0.2, 0.25) is 6.29 Å². The van der Waals surface area contributed by atoms with E-state index in [0.29, 0.717) is 6.42 Å². The number of rotatable bonds is 3. The maximum atomic E-state index is 10.2. The van der Waals surface area contributed by atoms with Crippen LogP contribution < -0.4 is 0 Å². The van der Waals surface area contributed by atoms with Crippen LogP contribution in [0.3, 0.4) is 0 Å². The minimum absolute atomic E-state index is 0.104. The van der Waals surface area contributed by atoms with Gasteiger partial charge in [0.1, 0.15) is 5.75 Å². The van der Waals surface area contributed by atoms with Crippen LogP contribution >= 0.6 is 22.6 Å². The summed E-state index contributed by atoms with van der Waals surface area (Å²) >= 11 is 2.03. The first-order chi connectivity index (χ1) is 5.72. The van der Waals surface area contributed by atoms with Crippen molar-refractivity contribution in [3.05, 3.63) is 29.8 Å². The van der Waals surface area contributed by atoms with E-state index in [1.807, 2.05) is 28.9 Å². The first-order valence-corrected chi connectivity index (χ1v) is 4.76. The second-order valence-corrected chi connectivity index (χ2v) is 3.96. The van der Waals surface area contributed by atoms with Crippen LogP contribution in [0.15, 0.2) is 24.3 Å². The molecule has 1 aromatic carbocycles. The van der Waals surface area contributed by atoms with Crippen molar-refractivity contribution in [3.63, 3.8) is 0 Å². The lowest BCUT2D eigenvalue weighted by molar-refractivity contribution is 0.475. The van der Waals surface area contributed by atoms with Crippen molar-refractivity contribution < 1.29 is 9.90 Å². The molecule has 0 saturated heterocycles. The van der Waals surface area contributed by atoms with Gasteiger partial charge in [-0.1, -0.05) is 34.7 Å². The van der Waals surface area contributed by atoms with E-state index in [1.165, 1.54) is 0 Å². The van der Waals surface area contributed by atoms with E-state index in [1.54, 1.807) is 24.3 Å². The Morgan fingerprint density at radius 2 is 2.00 bits per heavy atom. The molecular formula is C9H8IO2. The lowest BCUT2D eigenvalue weighted by atomic mass is 10.1. The van der Waals surface area contributed by atoms with Gasteiger partial charge in [-0.05, 0) is 24.1 Å². The highest BCUT2D eigenvalue weighted by Gasteiger charge is 2.03. The van der Waals surface area contributed by atoms with Crippen LogP contribution in [0.1, 0.15) is 5.56 Å². The number of hydrogen-bond acceptors (Lipinski definition) is 2. The number of hydrogen-bond donors (Lipinski definition) is 1. The smallest absolute Gasteiger partial charge is 0.212 e. The number of halogens is 1. The second-order valence-electron chi connectivity index (χ2n) is 2.46. The van der Waals surface area contributed by atoms with Gasteiger partial charge in [-0.3, -0.25) is 4.79 Å². The number of alkyl halides is 1. The van der Waals surface area contributed by atoms with E-state index >= 15 is 0 Å². The van der Waals surface area contributed by atoms with Crippen LogP contribution in [-0.4, -0.2) is 15.3 Å². The third-order valence-corrected chi connectivity index (χ3v) is 2.17. The van der Waals surface area contributed by atoms with E-state index < -0.39 is 0 Å². The summed E-state index contributed by atoms with van der Waals surface area (Å²) in [6.07, 6.45) is 2.57. The van der Waals surface area contributed by atoms with E-state index in [0.717, 1.165) is 5.56 Å². The molecule has 1 rings (SSSR count). The lowest BCUT2D eigenvalue weighted by Gasteiger charge is -2.01. The van der Waals surface area contributed by atoms with Crippen molar-refractivity contribution in [2.24, 2.45) is 0 Å². The Kier molecular flexibility index (Phi) is 3.52. The molecule has 0 fully saturated rings. The molecule has 0 spiro atoms. The molecule has 63 valence electrons. The first kappa shape index (κ1) is 9.51. The summed E-state index contributed by atoms with van der Waals surface area (Å²) in [5.74, 6) is 0.249. The van der Waals surface area contributed by atoms with E-state index in [-0.39, 0.29) is 9.67 Å². The molecule has 0 aliphatic rings. The highest BCUT2D eigenvalue weighted by molar-refractivity contribution is 14.1. The molecule has 0 heterocycles. The van der Waals surface area contributed by atoms with Gasteiger partial charge in [0.15, 0.2) is 0 Å². The zero-order valence-corrected chi connectivity index (χ0v) is 8.48. The molecular weight excluding hydrogens is 267 g/mol. The number of phenols is 1. The zero-order chi connectivity index (χ0) is 8.97. The fourth-order valence-corrected chi connectivity index (χ4v) is 1.39. The summed E-state index contributed by atoms with van der Waals surface area (Å²) in [4.78, 5) is 10.2. The predicted octanol–water partition coefficient (Wildman–Crippen LogP) is 1.85. The van der Waals surface area contributed by atoms with Crippen molar-refractivity contribution in [3.8, 4) is 5.75 Å². The molecule has 0 aromatic heterocycles.